The average Bonchev–Trinajstić information content (AvgIpc) is 2.29. The van der Waals surface area contributed by atoms with Gasteiger partial charge in [-0.1, -0.05) is 0 Å². The summed E-state index contributed by atoms with van der Waals surface area (Å²) < 4.78 is 0.979. The zero-order valence-corrected chi connectivity index (χ0v) is 11.2. The fourth-order valence-electron chi connectivity index (χ4n) is 2.28. The highest BCUT2D eigenvalue weighted by molar-refractivity contribution is 9.10. The number of hydrogen-bond acceptors (Lipinski definition) is 3. The van der Waals surface area contributed by atoms with E-state index >= 15 is 0 Å². The van der Waals surface area contributed by atoms with Gasteiger partial charge in [0.2, 0.25) is 5.91 Å². The largest absolute Gasteiger partial charge is 0.370 e. The molecule has 1 atom stereocenters. The molecule has 0 radical (unpaired) electrons. The summed E-state index contributed by atoms with van der Waals surface area (Å²) in [6.07, 6.45) is 4.45. The molecule has 0 aromatic carbocycles. The van der Waals surface area contributed by atoms with Gasteiger partial charge >= 0.3 is 0 Å². The Morgan fingerprint density at radius 2 is 2.41 bits per heavy atom. The van der Waals surface area contributed by atoms with Crippen molar-refractivity contribution in [2.45, 2.75) is 19.3 Å². The number of nitrogens with two attached hydrogens (primary N) is 1. The molecule has 1 unspecified atom stereocenters. The summed E-state index contributed by atoms with van der Waals surface area (Å²) >= 11 is 3.37. The number of hydrogen-bond donors (Lipinski definition) is 1. The van der Waals surface area contributed by atoms with Crippen molar-refractivity contribution in [3.8, 4) is 0 Å². The van der Waals surface area contributed by atoms with Crippen LogP contribution in [0.15, 0.2) is 22.8 Å². The first-order valence-corrected chi connectivity index (χ1v) is 6.59. The number of carbonyl (C=O) groups excluding carboxylic acids is 1. The van der Waals surface area contributed by atoms with E-state index in [-0.39, 0.29) is 5.91 Å². The SMILES string of the molecule is NC(=O)CC1CCCN(c2ccc(Br)cn2)C1. The monoisotopic (exact) mass is 297 g/mol. The highest BCUT2D eigenvalue weighted by atomic mass is 79.9. The lowest BCUT2D eigenvalue weighted by Crippen LogP contribution is -2.37. The fourth-order valence-corrected chi connectivity index (χ4v) is 2.51. The minimum Gasteiger partial charge on any atom is -0.370 e. The highest BCUT2D eigenvalue weighted by Crippen LogP contribution is 2.24. The molecule has 17 heavy (non-hydrogen) atoms. The normalized spacial score (nSPS) is 20.3. The third-order valence-electron chi connectivity index (χ3n) is 3.04. The van der Waals surface area contributed by atoms with E-state index in [1.165, 1.54) is 0 Å². The summed E-state index contributed by atoms with van der Waals surface area (Å²) in [6, 6.07) is 3.98. The van der Waals surface area contributed by atoms with Gasteiger partial charge in [0.05, 0.1) is 0 Å². The molecule has 1 aromatic heterocycles. The third kappa shape index (κ3) is 3.43. The molecule has 0 bridgehead atoms. The van der Waals surface area contributed by atoms with E-state index in [2.05, 4.69) is 25.8 Å². The molecule has 1 aliphatic rings. The number of rotatable bonds is 3. The van der Waals surface area contributed by atoms with E-state index in [0.717, 1.165) is 36.2 Å². The molecule has 1 amide bonds. The van der Waals surface area contributed by atoms with Gasteiger partial charge in [0.25, 0.3) is 0 Å². The Bertz CT molecular complexity index is 393. The lowest BCUT2D eigenvalue weighted by Gasteiger charge is -2.33. The summed E-state index contributed by atoms with van der Waals surface area (Å²) in [5, 5.41) is 0. The molecule has 1 aliphatic heterocycles. The van der Waals surface area contributed by atoms with Crippen LogP contribution in [-0.4, -0.2) is 24.0 Å². The van der Waals surface area contributed by atoms with Gasteiger partial charge in [-0.3, -0.25) is 4.79 Å². The molecule has 2 rings (SSSR count). The molecule has 0 aliphatic carbocycles. The Morgan fingerprint density at radius 1 is 1.59 bits per heavy atom. The van der Waals surface area contributed by atoms with Crippen molar-refractivity contribution in [1.29, 1.82) is 0 Å². The van der Waals surface area contributed by atoms with Crippen molar-refractivity contribution in [2.75, 3.05) is 18.0 Å². The van der Waals surface area contributed by atoms with E-state index in [0.29, 0.717) is 12.3 Å². The Hall–Kier alpha value is -1.10. The standard InChI is InChI=1S/C12H16BrN3O/c13-10-3-4-12(15-7-10)16-5-1-2-9(8-16)6-11(14)17/h3-4,7,9H,1-2,5-6,8H2,(H2,14,17). The van der Waals surface area contributed by atoms with Crippen LogP contribution in [0.3, 0.4) is 0 Å². The molecule has 0 spiro atoms. The minimum absolute atomic E-state index is 0.208. The predicted octanol–water partition coefficient (Wildman–Crippen LogP) is 1.94. The Balaban J connectivity index is 2.01. The number of pyridine rings is 1. The average molecular weight is 298 g/mol. The fraction of sp³-hybridized carbons (Fsp3) is 0.500. The number of carbonyl (C=O) groups is 1. The van der Waals surface area contributed by atoms with Gasteiger partial charge in [-0.15, -0.1) is 0 Å². The van der Waals surface area contributed by atoms with E-state index in [4.69, 9.17) is 5.73 Å². The highest BCUT2D eigenvalue weighted by Gasteiger charge is 2.22. The van der Waals surface area contributed by atoms with E-state index in [1.807, 2.05) is 12.1 Å². The maximum Gasteiger partial charge on any atom is 0.217 e. The van der Waals surface area contributed by atoms with Crippen LogP contribution in [-0.2, 0) is 4.79 Å². The van der Waals surface area contributed by atoms with Crippen molar-refractivity contribution in [3.05, 3.63) is 22.8 Å². The topological polar surface area (TPSA) is 59.2 Å². The second kappa shape index (κ2) is 5.49. The molecule has 2 N–H and O–H groups in total. The van der Waals surface area contributed by atoms with Crippen molar-refractivity contribution in [3.63, 3.8) is 0 Å². The second-order valence-corrected chi connectivity index (χ2v) is 5.37. The third-order valence-corrected chi connectivity index (χ3v) is 3.51. The number of piperidine rings is 1. The van der Waals surface area contributed by atoms with Gasteiger partial charge < -0.3 is 10.6 Å². The summed E-state index contributed by atoms with van der Waals surface area (Å²) in [6.45, 7) is 1.88. The van der Waals surface area contributed by atoms with Crippen LogP contribution >= 0.6 is 15.9 Å². The Labute approximate surface area is 109 Å². The molecular weight excluding hydrogens is 282 g/mol. The van der Waals surface area contributed by atoms with Crippen LogP contribution in [0.4, 0.5) is 5.82 Å². The van der Waals surface area contributed by atoms with Crippen molar-refractivity contribution in [1.82, 2.24) is 4.98 Å². The Morgan fingerprint density at radius 3 is 3.06 bits per heavy atom. The predicted molar refractivity (Wildman–Crippen MR) is 70.7 cm³/mol. The smallest absolute Gasteiger partial charge is 0.217 e. The van der Waals surface area contributed by atoms with Crippen LogP contribution in [0.25, 0.3) is 0 Å². The molecule has 1 aromatic rings. The van der Waals surface area contributed by atoms with Crippen LogP contribution in [0.1, 0.15) is 19.3 Å². The number of aromatic nitrogens is 1. The summed E-state index contributed by atoms with van der Waals surface area (Å²) in [5.41, 5.74) is 5.25. The quantitative estimate of drug-likeness (QED) is 0.927. The van der Waals surface area contributed by atoms with Gasteiger partial charge in [-0.25, -0.2) is 4.98 Å². The molecule has 0 saturated carbocycles. The van der Waals surface area contributed by atoms with Gasteiger partial charge in [0.15, 0.2) is 0 Å². The van der Waals surface area contributed by atoms with Crippen molar-refractivity contribution < 1.29 is 4.79 Å². The van der Waals surface area contributed by atoms with Gasteiger partial charge in [0, 0.05) is 30.2 Å². The molecule has 1 fully saturated rings. The molecule has 5 heteroatoms. The van der Waals surface area contributed by atoms with Crippen molar-refractivity contribution in [2.24, 2.45) is 11.7 Å². The molecule has 92 valence electrons. The number of nitrogens with zero attached hydrogens (tertiary/aromatic N) is 2. The maximum absolute atomic E-state index is 10.9. The Kier molecular flexibility index (Phi) is 3.99. The van der Waals surface area contributed by atoms with Crippen LogP contribution < -0.4 is 10.6 Å². The first kappa shape index (κ1) is 12.4. The first-order valence-electron chi connectivity index (χ1n) is 5.80. The maximum atomic E-state index is 10.9. The zero-order valence-electron chi connectivity index (χ0n) is 9.60. The number of amides is 1. The number of primary amides is 1. The van der Waals surface area contributed by atoms with E-state index in [1.54, 1.807) is 6.20 Å². The second-order valence-electron chi connectivity index (χ2n) is 4.46. The molecule has 1 saturated heterocycles. The summed E-state index contributed by atoms with van der Waals surface area (Å²) in [7, 11) is 0. The zero-order chi connectivity index (χ0) is 12.3. The first-order chi connectivity index (χ1) is 8.15. The van der Waals surface area contributed by atoms with Crippen molar-refractivity contribution >= 4 is 27.7 Å². The van der Waals surface area contributed by atoms with Gasteiger partial charge in [-0.2, -0.15) is 0 Å². The molecular formula is C12H16BrN3O. The number of halogens is 1. The van der Waals surface area contributed by atoms with Crippen LogP contribution in [0, 0.1) is 5.92 Å². The van der Waals surface area contributed by atoms with E-state index in [9.17, 15) is 4.79 Å². The van der Waals surface area contributed by atoms with Gasteiger partial charge in [0.1, 0.15) is 5.82 Å². The minimum atomic E-state index is -0.208. The number of anilines is 1. The molecule has 2 heterocycles. The summed E-state index contributed by atoms with van der Waals surface area (Å²) in [5.74, 6) is 1.13. The van der Waals surface area contributed by atoms with Crippen LogP contribution in [0.5, 0.6) is 0 Å². The summed E-state index contributed by atoms with van der Waals surface area (Å²) in [4.78, 5) is 17.5. The van der Waals surface area contributed by atoms with Gasteiger partial charge in [-0.05, 0) is 46.8 Å². The van der Waals surface area contributed by atoms with E-state index < -0.39 is 0 Å². The lowest BCUT2D eigenvalue weighted by molar-refractivity contribution is -0.118. The van der Waals surface area contributed by atoms with Crippen LogP contribution in [0.2, 0.25) is 0 Å². The molecule has 4 nitrogen and oxygen atoms in total. The lowest BCUT2D eigenvalue weighted by atomic mass is 9.94.